The van der Waals surface area contributed by atoms with Crippen LogP contribution in [0.4, 0.5) is 13.2 Å². The second-order valence-electron chi connectivity index (χ2n) is 3.79. The molecule has 0 aliphatic carbocycles. The molecular weight excluding hydrogens is 267 g/mol. The minimum Gasteiger partial charge on any atom is -0.457 e. The molecular formula is C11H10F3NO2S. The first kappa shape index (κ1) is 13.2. The zero-order chi connectivity index (χ0) is 13.2. The summed E-state index contributed by atoms with van der Waals surface area (Å²) in [6.07, 6.45) is -3.10. The minimum absolute atomic E-state index is 0.314. The van der Waals surface area contributed by atoms with Crippen LogP contribution in [0.2, 0.25) is 0 Å². The minimum atomic E-state index is -4.60. The van der Waals surface area contributed by atoms with Crippen LogP contribution in [0, 0.1) is 0 Å². The molecule has 3 nitrogen and oxygen atoms in total. The van der Waals surface area contributed by atoms with Crippen molar-refractivity contribution in [3.8, 4) is 0 Å². The van der Waals surface area contributed by atoms with Gasteiger partial charge >= 0.3 is 12.1 Å². The molecule has 0 saturated carbocycles. The first-order chi connectivity index (χ1) is 8.48. The maximum absolute atomic E-state index is 12.7. The molecule has 0 spiro atoms. The SMILES string of the molecule is O=C(OC1CCSC1)c1ncccc1C(F)(F)F. The molecule has 0 aromatic carbocycles. The molecule has 0 bridgehead atoms. The van der Waals surface area contributed by atoms with Crippen molar-refractivity contribution in [3.05, 3.63) is 29.6 Å². The Morgan fingerprint density at radius 2 is 2.28 bits per heavy atom. The van der Waals surface area contributed by atoms with Gasteiger partial charge in [-0.3, -0.25) is 0 Å². The Bertz CT molecular complexity index is 444. The summed E-state index contributed by atoms with van der Waals surface area (Å²) < 4.78 is 43.0. The predicted molar refractivity (Wildman–Crippen MR) is 60.4 cm³/mol. The number of halogens is 3. The summed E-state index contributed by atoms with van der Waals surface area (Å²) in [5.74, 6) is 0.474. The van der Waals surface area contributed by atoms with Gasteiger partial charge in [0.2, 0.25) is 0 Å². The largest absolute Gasteiger partial charge is 0.457 e. The second-order valence-corrected chi connectivity index (χ2v) is 4.94. The van der Waals surface area contributed by atoms with Crippen LogP contribution in [0.15, 0.2) is 18.3 Å². The topological polar surface area (TPSA) is 39.2 Å². The summed E-state index contributed by atoms with van der Waals surface area (Å²) in [5, 5.41) is 0. The number of aromatic nitrogens is 1. The van der Waals surface area contributed by atoms with Gasteiger partial charge in [-0.25, -0.2) is 9.78 Å². The van der Waals surface area contributed by atoms with E-state index in [1.54, 1.807) is 11.8 Å². The van der Waals surface area contributed by atoms with E-state index < -0.39 is 23.4 Å². The fourth-order valence-corrected chi connectivity index (χ4v) is 2.70. The van der Waals surface area contributed by atoms with E-state index in [1.165, 1.54) is 0 Å². The van der Waals surface area contributed by atoms with Gasteiger partial charge in [-0.05, 0) is 24.3 Å². The molecule has 98 valence electrons. The smallest absolute Gasteiger partial charge is 0.418 e. The highest BCUT2D eigenvalue weighted by Crippen LogP contribution is 2.31. The number of carbonyl (C=O) groups excluding carboxylic acids is 1. The molecule has 2 heterocycles. The molecule has 1 aliphatic heterocycles. The van der Waals surface area contributed by atoms with Crippen molar-refractivity contribution >= 4 is 17.7 Å². The van der Waals surface area contributed by atoms with Crippen LogP contribution in [-0.2, 0) is 10.9 Å². The van der Waals surface area contributed by atoms with E-state index >= 15 is 0 Å². The number of carbonyl (C=O) groups is 1. The number of rotatable bonds is 2. The van der Waals surface area contributed by atoms with E-state index in [9.17, 15) is 18.0 Å². The van der Waals surface area contributed by atoms with Gasteiger partial charge in [0, 0.05) is 11.9 Å². The predicted octanol–water partition coefficient (Wildman–Crippen LogP) is 2.76. The number of hydrogen-bond acceptors (Lipinski definition) is 4. The highest BCUT2D eigenvalue weighted by Gasteiger charge is 2.37. The Morgan fingerprint density at radius 1 is 1.50 bits per heavy atom. The molecule has 1 unspecified atom stereocenters. The van der Waals surface area contributed by atoms with Crippen LogP contribution in [0.1, 0.15) is 22.5 Å². The van der Waals surface area contributed by atoms with E-state index in [2.05, 4.69) is 4.98 Å². The van der Waals surface area contributed by atoms with Crippen LogP contribution >= 0.6 is 11.8 Å². The first-order valence-corrected chi connectivity index (χ1v) is 6.45. The molecule has 0 radical (unpaired) electrons. The molecule has 2 rings (SSSR count). The maximum Gasteiger partial charge on any atom is 0.418 e. The summed E-state index contributed by atoms with van der Waals surface area (Å²) in [4.78, 5) is 15.2. The highest BCUT2D eigenvalue weighted by atomic mass is 32.2. The normalized spacial score (nSPS) is 19.8. The number of hydrogen-bond donors (Lipinski definition) is 0. The van der Waals surface area contributed by atoms with E-state index in [4.69, 9.17) is 4.74 Å². The summed E-state index contributed by atoms with van der Waals surface area (Å²) in [6.45, 7) is 0. The number of esters is 1. The van der Waals surface area contributed by atoms with Crippen LogP contribution in [0.25, 0.3) is 0 Å². The molecule has 1 aromatic rings. The lowest BCUT2D eigenvalue weighted by Crippen LogP contribution is -2.22. The summed E-state index contributed by atoms with van der Waals surface area (Å²) >= 11 is 1.61. The van der Waals surface area contributed by atoms with E-state index in [0.717, 1.165) is 24.1 Å². The van der Waals surface area contributed by atoms with Crippen molar-refractivity contribution in [2.75, 3.05) is 11.5 Å². The molecule has 1 aromatic heterocycles. The van der Waals surface area contributed by atoms with Gasteiger partial charge in [-0.1, -0.05) is 0 Å². The molecule has 0 amide bonds. The Kier molecular flexibility index (Phi) is 3.79. The molecule has 18 heavy (non-hydrogen) atoms. The van der Waals surface area contributed by atoms with Gasteiger partial charge in [0.05, 0.1) is 5.56 Å². The first-order valence-electron chi connectivity index (χ1n) is 5.29. The monoisotopic (exact) mass is 277 g/mol. The Labute approximate surface area is 106 Å². The van der Waals surface area contributed by atoms with Gasteiger partial charge < -0.3 is 4.74 Å². The fraction of sp³-hybridized carbons (Fsp3) is 0.455. The summed E-state index contributed by atoms with van der Waals surface area (Å²) in [6, 6.07) is 1.97. The van der Waals surface area contributed by atoms with Gasteiger partial charge in [0.1, 0.15) is 6.10 Å². The van der Waals surface area contributed by atoms with E-state index in [-0.39, 0.29) is 6.10 Å². The highest BCUT2D eigenvalue weighted by molar-refractivity contribution is 7.99. The Balaban J connectivity index is 2.19. The number of ether oxygens (including phenoxy) is 1. The number of pyridine rings is 1. The molecule has 1 saturated heterocycles. The van der Waals surface area contributed by atoms with Gasteiger partial charge in [0.15, 0.2) is 5.69 Å². The summed E-state index contributed by atoms with van der Waals surface area (Å²) in [5.41, 5.74) is -1.72. The quantitative estimate of drug-likeness (QED) is 0.779. The molecule has 7 heteroatoms. The van der Waals surface area contributed by atoms with Gasteiger partial charge in [-0.15, -0.1) is 0 Å². The zero-order valence-corrected chi connectivity index (χ0v) is 10.1. The fourth-order valence-electron chi connectivity index (χ4n) is 1.61. The standard InChI is InChI=1S/C11H10F3NO2S/c12-11(13,14)8-2-1-4-15-9(8)10(16)17-7-3-5-18-6-7/h1-2,4,7H,3,5-6H2. The van der Waals surface area contributed by atoms with Crippen molar-refractivity contribution in [3.63, 3.8) is 0 Å². The number of thioether (sulfide) groups is 1. The van der Waals surface area contributed by atoms with Crippen molar-refractivity contribution in [1.29, 1.82) is 0 Å². The van der Waals surface area contributed by atoms with Gasteiger partial charge in [-0.2, -0.15) is 24.9 Å². The van der Waals surface area contributed by atoms with Crippen molar-refractivity contribution in [2.45, 2.75) is 18.7 Å². The number of alkyl halides is 3. The van der Waals surface area contributed by atoms with Crippen LogP contribution in [0.3, 0.4) is 0 Å². The number of nitrogens with zero attached hydrogens (tertiary/aromatic N) is 1. The maximum atomic E-state index is 12.7. The Hall–Kier alpha value is -1.24. The van der Waals surface area contributed by atoms with E-state index in [0.29, 0.717) is 12.2 Å². The van der Waals surface area contributed by atoms with Crippen molar-refractivity contribution < 1.29 is 22.7 Å². The van der Waals surface area contributed by atoms with E-state index in [1.807, 2.05) is 0 Å². The third-order valence-electron chi connectivity index (χ3n) is 2.47. The average molecular weight is 277 g/mol. The van der Waals surface area contributed by atoms with Gasteiger partial charge in [0.25, 0.3) is 0 Å². The molecule has 1 fully saturated rings. The molecule has 0 N–H and O–H groups in total. The van der Waals surface area contributed by atoms with Crippen LogP contribution < -0.4 is 0 Å². The van der Waals surface area contributed by atoms with Crippen molar-refractivity contribution in [1.82, 2.24) is 4.98 Å². The molecule has 1 atom stereocenters. The zero-order valence-electron chi connectivity index (χ0n) is 9.24. The lowest BCUT2D eigenvalue weighted by molar-refractivity contribution is -0.138. The lowest BCUT2D eigenvalue weighted by Gasteiger charge is -2.13. The summed E-state index contributed by atoms with van der Waals surface area (Å²) in [7, 11) is 0. The third kappa shape index (κ3) is 2.95. The Morgan fingerprint density at radius 3 is 2.89 bits per heavy atom. The third-order valence-corrected chi connectivity index (χ3v) is 3.60. The second kappa shape index (κ2) is 5.17. The average Bonchev–Trinajstić information content (AvgIpc) is 2.80. The van der Waals surface area contributed by atoms with Crippen LogP contribution in [-0.4, -0.2) is 28.6 Å². The van der Waals surface area contributed by atoms with Crippen molar-refractivity contribution in [2.24, 2.45) is 0 Å². The lowest BCUT2D eigenvalue weighted by atomic mass is 10.2. The molecule has 1 aliphatic rings. The van der Waals surface area contributed by atoms with Crippen LogP contribution in [0.5, 0.6) is 0 Å².